The van der Waals surface area contributed by atoms with Crippen LogP contribution in [-0.2, 0) is 19.1 Å². The largest absolute Gasteiger partial charge is 0.416 e. The van der Waals surface area contributed by atoms with Gasteiger partial charge in [0, 0.05) is 19.5 Å². The average Bonchev–Trinajstić information content (AvgIpc) is 3.06. The van der Waals surface area contributed by atoms with E-state index < -0.39 is 17.8 Å². The van der Waals surface area contributed by atoms with E-state index in [9.17, 15) is 18.0 Å². The van der Waals surface area contributed by atoms with E-state index in [0.717, 1.165) is 29.0 Å². The molecule has 0 bridgehead atoms. The van der Waals surface area contributed by atoms with Gasteiger partial charge < -0.3 is 15.6 Å². The van der Waals surface area contributed by atoms with Crippen molar-refractivity contribution >= 4 is 17.1 Å². The summed E-state index contributed by atoms with van der Waals surface area (Å²) in [5.41, 5.74) is 1.54. The van der Waals surface area contributed by atoms with Crippen LogP contribution in [0.5, 0.6) is 0 Å². The quantitative estimate of drug-likeness (QED) is 0.569. The van der Waals surface area contributed by atoms with Crippen molar-refractivity contribution in [2.75, 3.05) is 6.54 Å². The molecule has 0 saturated heterocycles. The molecule has 5 nitrogen and oxygen atoms in total. The molecule has 1 aromatic heterocycles. The number of H-pyrrole nitrogens is 1. The Labute approximate surface area is 154 Å². The fourth-order valence-electron chi connectivity index (χ4n) is 2.68. The van der Waals surface area contributed by atoms with E-state index in [4.69, 9.17) is 0 Å². The van der Waals surface area contributed by atoms with Gasteiger partial charge in [-0.1, -0.05) is 24.3 Å². The second-order valence-electron chi connectivity index (χ2n) is 6.11. The van der Waals surface area contributed by atoms with Gasteiger partial charge in [-0.15, -0.1) is 0 Å². The van der Waals surface area contributed by atoms with Gasteiger partial charge in [0.1, 0.15) is 5.82 Å². The number of carbonyl (C=O) groups excluding carboxylic acids is 1. The number of carbonyl (C=O) groups is 1. The summed E-state index contributed by atoms with van der Waals surface area (Å²) in [7, 11) is 0. The third-order valence-electron chi connectivity index (χ3n) is 4.02. The van der Waals surface area contributed by atoms with Gasteiger partial charge in [-0.05, 0) is 36.2 Å². The van der Waals surface area contributed by atoms with Gasteiger partial charge in [-0.25, -0.2) is 9.78 Å². The topological polar surface area (TPSA) is 69.8 Å². The Bertz CT molecular complexity index is 887. The van der Waals surface area contributed by atoms with Gasteiger partial charge >= 0.3 is 12.2 Å². The number of fused-ring (bicyclic) bond motifs is 1. The summed E-state index contributed by atoms with van der Waals surface area (Å²) in [5, 5.41) is 5.24. The standard InChI is InChI=1S/C19H19F3N4O/c20-19(21,22)14-6-3-5-13(11-14)12-24-18(27)23-10-4-9-17-25-15-7-1-2-8-16(15)26-17/h1-3,5-8,11H,4,9-10,12H2,(H,25,26)(H2,23,24,27). The minimum Gasteiger partial charge on any atom is -0.342 e. The van der Waals surface area contributed by atoms with E-state index in [0.29, 0.717) is 24.9 Å². The number of halogens is 3. The molecule has 0 unspecified atom stereocenters. The van der Waals surface area contributed by atoms with Crippen molar-refractivity contribution in [2.24, 2.45) is 0 Å². The molecule has 0 saturated carbocycles. The lowest BCUT2D eigenvalue weighted by molar-refractivity contribution is -0.137. The number of aromatic nitrogens is 2. The second-order valence-corrected chi connectivity index (χ2v) is 6.11. The van der Waals surface area contributed by atoms with E-state index in [1.165, 1.54) is 12.1 Å². The highest BCUT2D eigenvalue weighted by Crippen LogP contribution is 2.29. The van der Waals surface area contributed by atoms with Gasteiger partial charge in [-0.2, -0.15) is 13.2 Å². The molecule has 1 heterocycles. The number of aryl methyl sites for hydroxylation is 1. The molecule has 0 fully saturated rings. The Morgan fingerprint density at radius 1 is 1.07 bits per heavy atom. The number of rotatable bonds is 6. The van der Waals surface area contributed by atoms with Crippen LogP contribution in [0.25, 0.3) is 11.0 Å². The minimum absolute atomic E-state index is 0.0271. The summed E-state index contributed by atoms with van der Waals surface area (Å²) in [6.07, 6.45) is -3.02. The molecule has 3 aromatic rings. The van der Waals surface area contributed by atoms with Gasteiger partial charge in [0.15, 0.2) is 0 Å². The van der Waals surface area contributed by atoms with Crippen molar-refractivity contribution < 1.29 is 18.0 Å². The minimum atomic E-state index is -4.39. The lowest BCUT2D eigenvalue weighted by Crippen LogP contribution is -2.35. The van der Waals surface area contributed by atoms with Gasteiger partial charge in [0.2, 0.25) is 0 Å². The van der Waals surface area contributed by atoms with Crippen LogP contribution in [0, 0.1) is 0 Å². The van der Waals surface area contributed by atoms with Crippen LogP contribution in [-0.4, -0.2) is 22.5 Å². The summed E-state index contributed by atoms with van der Waals surface area (Å²) in [4.78, 5) is 19.5. The third kappa shape index (κ3) is 5.22. The summed E-state index contributed by atoms with van der Waals surface area (Å²) in [6, 6.07) is 12.2. The Hall–Kier alpha value is -3.03. The molecule has 2 amide bonds. The van der Waals surface area contributed by atoms with Crippen LogP contribution in [0.15, 0.2) is 48.5 Å². The van der Waals surface area contributed by atoms with E-state index in [1.807, 2.05) is 24.3 Å². The van der Waals surface area contributed by atoms with Crippen molar-refractivity contribution in [3.8, 4) is 0 Å². The molecule has 27 heavy (non-hydrogen) atoms. The molecule has 0 radical (unpaired) electrons. The maximum atomic E-state index is 12.7. The first-order chi connectivity index (χ1) is 12.9. The number of nitrogens with one attached hydrogen (secondary N) is 3. The van der Waals surface area contributed by atoms with E-state index in [2.05, 4.69) is 20.6 Å². The van der Waals surface area contributed by atoms with Crippen molar-refractivity contribution in [3.05, 3.63) is 65.5 Å². The molecular formula is C19H19F3N4O. The Morgan fingerprint density at radius 3 is 2.67 bits per heavy atom. The van der Waals surface area contributed by atoms with Crippen molar-refractivity contribution in [3.63, 3.8) is 0 Å². The first-order valence-corrected chi connectivity index (χ1v) is 8.53. The number of benzene rings is 2. The molecule has 0 atom stereocenters. The van der Waals surface area contributed by atoms with Crippen molar-refractivity contribution in [1.29, 1.82) is 0 Å². The van der Waals surface area contributed by atoms with Crippen LogP contribution < -0.4 is 10.6 Å². The Morgan fingerprint density at radius 2 is 1.89 bits per heavy atom. The number of para-hydroxylation sites is 2. The zero-order valence-electron chi connectivity index (χ0n) is 14.4. The number of hydrogen-bond acceptors (Lipinski definition) is 2. The fraction of sp³-hybridized carbons (Fsp3) is 0.263. The van der Waals surface area contributed by atoms with E-state index in [-0.39, 0.29) is 6.54 Å². The maximum absolute atomic E-state index is 12.7. The lowest BCUT2D eigenvalue weighted by Gasteiger charge is -2.10. The lowest BCUT2D eigenvalue weighted by atomic mass is 10.1. The number of alkyl halides is 3. The van der Waals surface area contributed by atoms with Gasteiger partial charge in [-0.3, -0.25) is 0 Å². The number of amides is 2. The molecule has 3 rings (SSSR count). The fourth-order valence-corrected chi connectivity index (χ4v) is 2.68. The van der Waals surface area contributed by atoms with Crippen LogP contribution in [0.4, 0.5) is 18.0 Å². The maximum Gasteiger partial charge on any atom is 0.416 e. The molecule has 2 aromatic carbocycles. The van der Waals surface area contributed by atoms with Crippen LogP contribution in [0.3, 0.4) is 0 Å². The number of hydrogen-bond donors (Lipinski definition) is 3. The van der Waals surface area contributed by atoms with Crippen molar-refractivity contribution in [2.45, 2.75) is 25.6 Å². The molecule has 0 aliphatic carbocycles. The van der Waals surface area contributed by atoms with Crippen molar-refractivity contribution in [1.82, 2.24) is 20.6 Å². The molecule has 0 aliphatic heterocycles. The highest BCUT2D eigenvalue weighted by Gasteiger charge is 2.30. The third-order valence-corrected chi connectivity index (χ3v) is 4.02. The Kier molecular flexibility index (Phi) is 5.63. The van der Waals surface area contributed by atoms with E-state index >= 15 is 0 Å². The van der Waals surface area contributed by atoms with Crippen LogP contribution in [0.2, 0.25) is 0 Å². The highest BCUT2D eigenvalue weighted by atomic mass is 19.4. The molecule has 142 valence electrons. The molecule has 3 N–H and O–H groups in total. The monoisotopic (exact) mass is 376 g/mol. The van der Waals surface area contributed by atoms with Crippen LogP contribution >= 0.6 is 0 Å². The van der Waals surface area contributed by atoms with Crippen LogP contribution in [0.1, 0.15) is 23.4 Å². The van der Waals surface area contributed by atoms with E-state index in [1.54, 1.807) is 0 Å². The summed E-state index contributed by atoms with van der Waals surface area (Å²) in [5.74, 6) is 0.849. The SMILES string of the molecule is O=C(NCCCc1nc2ccccc2[nH]1)NCc1cccc(C(F)(F)F)c1. The zero-order chi connectivity index (χ0) is 19.3. The first-order valence-electron chi connectivity index (χ1n) is 8.53. The molecular weight excluding hydrogens is 357 g/mol. The predicted octanol–water partition coefficient (Wildman–Crippen LogP) is 4.01. The molecule has 0 aliphatic rings. The van der Waals surface area contributed by atoms with Gasteiger partial charge in [0.25, 0.3) is 0 Å². The second kappa shape index (κ2) is 8.11. The number of imidazole rings is 1. The smallest absolute Gasteiger partial charge is 0.342 e. The molecule has 0 spiro atoms. The normalized spacial score (nSPS) is 11.5. The Balaban J connectivity index is 1.40. The first kappa shape index (κ1) is 18.8. The summed E-state index contributed by atoms with van der Waals surface area (Å²) >= 11 is 0. The summed E-state index contributed by atoms with van der Waals surface area (Å²) < 4.78 is 38.0. The average molecular weight is 376 g/mol. The summed E-state index contributed by atoms with van der Waals surface area (Å²) in [6.45, 7) is 0.463. The number of urea groups is 1. The number of nitrogens with zero attached hydrogens (tertiary/aromatic N) is 1. The highest BCUT2D eigenvalue weighted by molar-refractivity contribution is 5.75. The molecule has 8 heteroatoms. The number of aromatic amines is 1. The van der Waals surface area contributed by atoms with Gasteiger partial charge in [0.05, 0.1) is 16.6 Å². The zero-order valence-corrected chi connectivity index (χ0v) is 14.4. The predicted molar refractivity (Wildman–Crippen MR) is 96.1 cm³/mol.